The van der Waals surface area contributed by atoms with Gasteiger partial charge in [-0.25, -0.2) is 14.8 Å². The van der Waals surface area contributed by atoms with Crippen LogP contribution < -0.4 is 15.1 Å². The van der Waals surface area contributed by atoms with Gasteiger partial charge in [-0.05, 0) is 55.0 Å². The second-order valence-corrected chi connectivity index (χ2v) is 8.96. The number of urea groups is 1. The Balaban J connectivity index is 1.33. The second-order valence-electron chi connectivity index (χ2n) is 8.96. The largest absolute Gasteiger partial charge is 0.416 e. The van der Waals surface area contributed by atoms with Crippen LogP contribution in [0.15, 0.2) is 79.1 Å². The molecule has 2 amide bonds. The van der Waals surface area contributed by atoms with Gasteiger partial charge in [-0.1, -0.05) is 18.2 Å². The van der Waals surface area contributed by atoms with Crippen LogP contribution in [0, 0.1) is 0 Å². The molecule has 0 unspecified atom stereocenters. The van der Waals surface area contributed by atoms with Crippen molar-refractivity contribution in [2.24, 2.45) is 0 Å². The molecular weight excluding hydrogens is 481 g/mol. The van der Waals surface area contributed by atoms with Gasteiger partial charge in [0.05, 0.1) is 28.7 Å². The number of aromatic nitrogens is 3. The second kappa shape index (κ2) is 8.88. The summed E-state index contributed by atoms with van der Waals surface area (Å²) in [5.74, 6) is 0.798. The third-order valence-electron chi connectivity index (χ3n) is 6.60. The summed E-state index contributed by atoms with van der Waals surface area (Å²) in [5, 5.41) is 2.88. The maximum absolute atomic E-state index is 13.6. The zero-order valence-corrected chi connectivity index (χ0v) is 19.5. The quantitative estimate of drug-likeness (QED) is 0.380. The molecule has 0 aliphatic carbocycles. The summed E-state index contributed by atoms with van der Waals surface area (Å²) in [5.41, 5.74) is 2.21. The molecule has 2 bridgehead atoms. The lowest BCUT2D eigenvalue weighted by Crippen LogP contribution is -2.48. The highest BCUT2D eigenvalue weighted by Gasteiger charge is 2.40. The summed E-state index contributed by atoms with van der Waals surface area (Å²) in [6, 6.07) is 17.1. The third-order valence-corrected chi connectivity index (χ3v) is 6.60. The van der Waals surface area contributed by atoms with E-state index >= 15 is 0 Å². The minimum Gasteiger partial charge on any atom is -0.366 e. The molecule has 186 valence electrons. The van der Waals surface area contributed by atoms with Gasteiger partial charge in [-0.15, -0.1) is 0 Å². The van der Waals surface area contributed by atoms with E-state index in [1.165, 1.54) is 6.07 Å². The molecule has 4 aromatic rings. The number of amides is 2. The van der Waals surface area contributed by atoms with Gasteiger partial charge in [0, 0.05) is 36.6 Å². The number of pyridine rings is 3. The molecule has 5 heterocycles. The van der Waals surface area contributed by atoms with Crippen molar-refractivity contribution in [2.45, 2.75) is 18.6 Å². The number of carbonyl (C=O) groups excluding carboxylic acids is 1. The number of carbonyl (C=O) groups is 1. The van der Waals surface area contributed by atoms with E-state index in [-0.39, 0.29) is 6.04 Å². The van der Waals surface area contributed by atoms with Crippen LogP contribution in [0.5, 0.6) is 0 Å². The molecular formula is C27H21F3N6O. The number of halogens is 3. The number of hydrogen-bond acceptors (Lipinski definition) is 5. The smallest absolute Gasteiger partial charge is 0.366 e. The van der Waals surface area contributed by atoms with Crippen LogP contribution in [0.3, 0.4) is 0 Å². The maximum atomic E-state index is 13.6. The van der Waals surface area contributed by atoms with Crippen molar-refractivity contribution in [3.05, 3.63) is 84.7 Å². The van der Waals surface area contributed by atoms with E-state index in [4.69, 9.17) is 0 Å². The van der Waals surface area contributed by atoms with E-state index in [0.29, 0.717) is 35.1 Å². The SMILES string of the molecule is O=C(Nc1cccc(-c2cccnc2)n1)N1c2nc(-c3cccc(C(F)(F)F)c3)ccc2N2CC[C@H]1C2. The van der Waals surface area contributed by atoms with Crippen LogP contribution in [0.25, 0.3) is 22.5 Å². The van der Waals surface area contributed by atoms with Crippen molar-refractivity contribution in [1.82, 2.24) is 15.0 Å². The van der Waals surface area contributed by atoms with Gasteiger partial charge in [0.25, 0.3) is 0 Å². The fourth-order valence-electron chi connectivity index (χ4n) is 4.84. The maximum Gasteiger partial charge on any atom is 0.416 e. The van der Waals surface area contributed by atoms with Crippen molar-refractivity contribution in [1.29, 1.82) is 0 Å². The molecule has 0 spiro atoms. The summed E-state index contributed by atoms with van der Waals surface area (Å²) in [4.78, 5) is 30.7. The van der Waals surface area contributed by atoms with Gasteiger partial charge in [0.2, 0.25) is 0 Å². The van der Waals surface area contributed by atoms with Crippen molar-refractivity contribution in [2.75, 3.05) is 28.2 Å². The van der Waals surface area contributed by atoms with E-state index < -0.39 is 17.8 Å². The van der Waals surface area contributed by atoms with Crippen LogP contribution in [-0.4, -0.2) is 40.1 Å². The molecule has 37 heavy (non-hydrogen) atoms. The van der Waals surface area contributed by atoms with Gasteiger partial charge >= 0.3 is 12.2 Å². The number of hydrogen-bond donors (Lipinski definition) is 1. The predicted octanol–water partition coefficient (Wildman–Crippen LogP) is 5.86. The van der Waals surface area contributed by atoms with Crippen LogP contribution in [-0.2, 0) is 6.18 Å². The van der Waals surface area contributed by atoms with Crippen LogP contribution in [0.4, 0.5) is 35.3 Å². The number of alkyl halides is 3. The molecule has 10 heteroatoms. The zero-order chi connectivity index (χ0) is 25.6. The summed E-state index contributed by atoms with van der Waals surface area (Å²) in [7, 11) is 0. The first-order valence-electron chi connectivity index (χ1n) is 11.8. The van der Waals surface area contributed by atoms with Crippen LogP contribution in [0.1, 0.15) is 12.0 Å². The lowest BCUT2D eigenvalue weighted by atomic mass is 10.1. The number of benzene rings is 1. The first-order valence-corrected chi connectivity index (χ1v) is 11.8. The molecule has 1 atom stereocenters. The number of fused-ring (bicyclic) bond motifs is 4. The highest BCUT2D eigenvalue weighted by molar-refractivity contribution is 6.04. The first-order chi connectivity index (χ1) is 17.9. The predicted molar refractivity (Wildman–Crippen MR) is 134 cm³/mol. The Morgan fingerprint density at radius 2 is 1.76 bits per heavy atom. The Morgan fingerprint density at radius 1 is 0.946 bits per heavy atom. The molecule has 3 aromatic heterocycles. The third kappa shape index (κ3) is 4.35. The Bertz CT molecular complexity index is 1480. The molecule has 0 radical (unpaired) electrons. The molecule has 0 saturated carbocycles. The highest BCUT2D eigenvalue weighted by Crippen LogP contribution is 2.41. The average Bonchev–Trinajstić information content (AvgIpc) is 3.33. The van der Waals surface area contributed by atoms with E-state index in [0.717, 1.165) is 36.3 Å². The summed E-state index contributed by atoms with van der Waals surface area (Å²) in [6.45, 7) is 1.43. The highest BCUT2D eigenvalue weighted by atomic mass is 19.4. The molecule has 1 saturated heterocycles. The van der Waals surface area contributed by atoms with Crippen molar-refractivity contribution in [3.63, 3.8) is 0 Å². The minimum atomic E-state index is -4.46. The Hall–Kier alpha value is -4.47. The van der Waals surface area contributed by atoms with Gasteiger partial charge in [0.1, 0.15) is 5.82 Å². The average molecular weight is 503 g/mol. The Morgan fingerprint density at radius 3 is 2.57 bits per heavy atom. The normalized spacial score (nSPS) is 16.5. The Kier molecular flexibility index (Phi) is 5.51. The summed E-state index contributed by atoms with van der Waals surface area (Å²) >= 11 is 0. The number of anilines is 3. The molecule has 2 aliphatic rings. The molecule has 1 fully saturated rings. The number of nitrogens with zero attached hydrogens (tertiary/aromatic N) is 5. The molecule has 2 aliphatic heterocycles. The fourth-order valence-corrected chi connectivity index (χ4v) is 4.84. The van der Waals surface area contributed by atoms with E-state index in [9.17, 15) is 18.0 Å². The fraction of sp³-hybridized carbons (Fsp3) is 0.185. The monoisotopic (exact) mass is 502 g/mol. The van der Waals surface area contributed by atoms with Crippen molar-refractivity contribution >= 4 is 23.4 Å². The minimum absolute atomic E-state index is 0.113. The van der Waals surface area contributed by atoms with E-state index in [1.54, 1.807) is 41.6 Å². The first kappa shape index (κ1) is 23.0. The Labute approximate surface area is 210 Å². The lowest BCUT2D eigenvalue weighted by Gasteiger charge is -2.35. The van der Waals surface area contributed by atoms with Gasteiger partial charge < -0.3 is 4.90 Å². The molecule has 6 rings (SSSR count). The molecule has 1 N–H and O–H groups in total. The zero-order valence-electron chi connectivity index (χ0n) is 19.5. The van der Waals surface area contributed by atoms with Crippen LogP contribution in [0.2, 0.25) is 0 Å². The standard InChI is InChI=1S/C27H21F3N6O/c28-27(29,30)19-6-1-4-17(14-19)22-9-10-23-25(33-22)36(20-11-13-35(23)16-20)26(37)34-24-8-2-7-21(32-24)18-5-3-12-31-15-18/h1-10,12,14-15,20H,11,13,16H2,(H,32,34,37)/t20-/m0/s1. The lowest BCUT2D eigenvalue weighted by molar-refractivity contribution is -0.137. The van der Waals surface area contributed by atoms with Gasteiger partial charge in [-0.3, -0.25) is 15.2 Å². The van der Waals surface area contributed by atoms with E-state index in [1.807, 2.05) is 24.3 Å². The van der Waals surface area contributed by atoms with E-state index in [2.05, 4.69) is 25.2 Å². The van der Waals surface area contributed by atoms with Crippen LogP contribution >= 0.6 is 0 Å². The molecule has 7 nitrogen and oxygen atoms in total. The van der Waals surface area contributed by atoms with Crippen molar-refractivity contribution in [3.8, 4) is 22.5 Å². The number of nitrogens with one attached hydrogen (secondary N) is 1. The molecule has 1 aromatic carbocycles. The summed E-state index contributed by atoms with van der Waals surface area (Å²) in [6.07, 6.45) is -0.334. The van der Waals surface area contributed by atoms with Crippen molar-refractivity contribution < 1.29 is 18.0 Å². The topological polar surface area (TPSA) is 74.2 Å². The van der Waals surface area contributed by atoms with Gasteiger partial charge in [-0.2, -0.15) is 13.2 Å². The summed E-state index contributed by atoms with van der Waals surface area (Å²) < 4.78 is 39.8. The number of rotatable bonds is 3. The van der Waals surface area contributed by atoms with Gasteiger partial charge in [0.15, 0.2) is 5.82 Å².